The molecule has 2 amide bonds. The second kappa shape index (κ2) is 11.2. The standard InChI is InChI=1S/C27H28N2O4/c30-26(28-22-11-9-10-21(20-22)27(31)29-16-7-2-8-17-29)24-14-5-6-15-25(24)33-19-18-32-23-12-3-1-4-13-23/h1,3-6,9-15,20H,2,7-8,16-19H2,(H,28,30). The van der Waals surface area contributed by atoms with Gasteiger partial charge in [-0.3, -0.25) is 9.59 Å². The van der Waals surface area contributed by atoms with Crippen LogP contribution in [0.2, 0.25) is 0 Å². The summed E-state index contributed by atoms with van der Waals surface area (Å²) in [5.41, 5.74) is 1.58. The zero-order valence-corrected chi connectivity index (χ0v) is 18.5. The van der Waals surface area contributed by atoms with E-state index in [9.17, 15) is 9.59 Å². The second-order valence-electron chi connectivity index (χ2n) is 7.89. The first-order valence-electron chi connectivity index (χ1n) is 11.3. The highest BCUT2D eigenvalue weighted by molar-refractivity contribution is 6.06. The molecule has 1 fully saturated rings. The van der Waals surface area contributed by atoms with Crippen LogP contribution in [0.5, 0.6) is 11.5 Å². The third-order valence-corrected chi connectivity index (χ3v) is 5.50. The van der Waals surface area contributed by atoms with Gasteiger partial charge in [-0.2, -0.15) is 0 Å². The molecular weight excluding hydrogens is 416 g/mol. The number of rotatable bonds is 8. The lowest BCUT2D eigenvalue weighted by molar-refractivity contribution is 0.0724. The number of nitrogens with zero attached hydrogens (tertiary/aromatic N) is 1. The molecule has 0 aromatic heterocycles. The van der Waals surface area contributed by atoms with Crippen LogP contribution < -0.4 is 14.8 Å². The Labute approximate surface area is 194 Å². The van der Waals surface area contributed by atoms with Gasteiger partial charge in [0.15, 0.2) is 0 Å². The molecule has 6 heteroatoms. The van der Waals surface area contributed by atoms with E-state index in [2.05, 4.69) is 5.32 Å². The molecular formula is C27H28N2O4. The highest BCUT2D eigenvalue weighted by Crippen LogP contribution is 2.21. The molecule has 0 aliphatic carbocycles. The van der Waals surface area contributed by atoms with Crippen molar-refractivity contribution in [2.45, 2.75) is 19.3 Å². The molecule has 0 bridgehead atoms. The molecule has 33 heavy (non-hydrogen) atoms. The highest BCUT2D eigenvalue weighted by Gasteiger charge is 2.19. The van der Waals surface area contributed by atoms with Crippen LogP contribution in [0.4, 0.5) is 5.69 Å². The lowest BCUT2D eigenvalue weighted by atomic mass is 10.1. The predicted molar refractivity (Wildman–Crippen MR) is 128 cm³/mol. The van der Waals surface area contributed by atoms with Gasteiger partial charge in [0.05, 0.1) is 5.56 Å². The van der Waals surface area contributed by atoms with Crippen LogP contribution in [-0.2, 0) is 0 Å². The number of amides is 2. The summed E-state index contributed by atoms with van der Waals surface area (Å²) in [5, 5.41) is 2.89. The van der Waals surface area contributed by atoms with E-state index in [1.165, 1.54) is 6.42 Å². The molecule has 0 unspecified atom stereocenters. The predicted octanol–water partition coefficient (Wildman–Crippen LogP) is 5.02. The summed E-state index contributed by atoms with van der Waals surface area (Å²) in [4.78, 5) is 27.6. The van der Waals surface area contributed by atoms with Crippen molar-refractivity contribution in [3.05, 3.63) is 90.0 Å². The van der Waals surface area contributed by atoms with Gasteiger partial charge < -0.3 is 19.7 Å². The molecule has 1 saturated heterocycles. The number of anilines is 1. The Balaban J connectivity index is 1.37. The summed E-state index contributed by atoms with van der Waals surface area (Å²) in [5.74, 6) is 0.961. The molecule has 3 aromatic rings. The first kappa shape index (κ1) is 22.4. The van der Waals surface area contributed by atoms with Gasteiger partial charge in [0.1, 0.15) is 24.7 Å². The number of carbonyl (C=O) groups is 2. The van der Waals surface area contributed by atoms with E-state index in [1.807, 2.05) is 41.3 Å². The van der Waals surface area contributed by atoms with Crippen molar-refractivity contribution in [2.75, 3.05) is 31.6 Å². The number of piperidine rings is 1. The first-order valence-corrected chi connectivity index (χ1v) is 11.3. The van der Waals surface area contributed by atoms with Gasteiger partial charge >= 0.3 is 0 Å². The molecule has 1 aliphatic rings. The van der Waals surface area contributed by atoms with Crippen molar-refractivity contribution in [3.8, 4) is 11.5 Å². The van der Waals surface area contributed by atoms with Gasteiger partial charge in [-0.05, 0) is 61.7 Å². The fraction of sp³-hybridized carbons (Fsp3) is 0.259. The number of hydrogen-bond donors (Lipinski definition) is 1. The van der Waals surface area contributed by atoms with E-state index >= 15 is 0 Å². The average molecular weight is 445 g/mol. The zero-order valence-electron chi connectivity index (χ0n) is 18.5. The third kappa shape index (κ3) is 6.13. The highest BCUT2D eigenvalue weighted by atomic mass is 16.5. The Morgan fingerprint density at radius 3 is 2.33 bits per heavy atom. The molecule has 3 aromatic carbocycles. The van der Waals surface area contributed by atoms with Gasteiger partial charge in [0, 0.05) is 24.3 Å². The monoisotopic (exact) mass is 444 g/mol. The van der Waals surface area contributed by atoms with Crippen molar-refractivity contribution >= 4 is 17.5 Å². The second-order valence-corrected chi connectivity index (χ2v) is 7.89. The lowest BCUT2D eigenvalue weighted by Crippen LogP contribution is -2.35. The number of hydrogen-bond acceptors (Lipinski definition) is 4. The molecule has 6 nitrogen and oxygen atoms in total. The van der Waals surface area contributed by atoms with E-state index in [4.69, 9.17) is 9.47 Å². The number of carbonyl (C=O) groups excluding carboxylic acids is 2. The van der Waals surface area contributed by atoms with E-state index in [-0.39, 0.29) is 11.8 Å². The molecule has 1 heterocycles. The van der Waals surface area contributed by atoms with Gasteiger partial charge in [-0.15, -0.1) is 0 Å². The van der Waals surface area contributed by atoms with Crippen molar-refractivity contribution < 1.29 is 19.1 Å². The number of likely N-dealkylation sites (tertiary alicyclic amines) is 1. The molecule has 4 rings (SSSR count). The zero-order chi connectivity index (χ0) is 22.9. The third-order valence-electron chi connectivity index (χ3n) is 5.50. The lowest BCUT2D eigenvalue weighted by Gasteiger charge is -2.26. The normalized spacial score (nSPS) is 13.3. The first-order chi connectivity index (χ1) is 16.2. The van der Waals surface area contributed by atoms with Crippen LogP contribution in [0.3, 0.4) is 0 Å². The van der Waals surface area contributed by atoms with Gasteiger partial charge in [-0.25, -0.2) is 0 Å². The van der Waals surface area contributed by atoms with Crippen molar-refractivity contribution in [3.63, 3.8) is 0 Å². The maximum Gasteiger partial charge on any atom is 0.259 e. The molecule has 0 spiro atoms. The van der Waals surface area contributed by atoms with Crippen molar-refractivity contribution in [2.24, 2.45) is 0 Å². The molecule has 1 N–H and O–H groups in total. The van der Waals surface area contributed by atoms with Gasteiger partial charge in [0.2, 0.25) is 0 Å². The van der Waals surface area contributed by atoms with Crippen LogP contribution in [0.1, 0.15) is 40.0 Å². The minimum absolute atomic E-state index is 0.00736. The number of ether oxygens (including phenoxy) is 2. The number of nitrogens with one attached hydrogen (secondary N) is 1. The largest absolute Gasteiger partial charge is 0.490 e. The Morgan fingerprint density at radius 2 is 1.52 bits per heavy atom. The molecule has 0 atom stereocenters. The topological polar surface area (TPSA) is 67.9 Å². The van der Waals surface area contributed by atoms with Crippen molar-refractivity contribution in [1.82, 2.24) is 4.90 Å². The Morgan fingerprint density at radius 1 is 0.788 bits per heavy atom. The van der Waals surface area contributed by atoms with Crippen LogP contribution in [0, 0.1) is 0 Å². The quantitative estimate of drug-likeness (QED) is 0.495. The minimum Gasteiger partial charge on any atom is -0.490 e. The average Bonchev–Trinajstić information content (AvgIpc) is 2.87. The van der Waals surface area contributed by atoms with Crippen LogP contribution >= 0.6 is 0 Å². The Hall–Kier alpha value is -3.80. The maximum atomic E-state index is 13.0. The summed E-state index contributed by atoms with van der Waals surface area (Å²) in [6.07, 6.45) is 3.24. The minimum atomic E-state index is -0.294. The van der Waals surface area contributed by atoms with Crippen molar-refractivity contribution in [1.29, 1.82) is 0 Å². The molecule has 0 saturated carbocycles. The Bertz CT molecular complexity index is 1080. The van der Waals surface area contributed by atoms with E-state index in [0.29, 0.717) is 35.8 Å². The van der Waals surface area contributed by atoms with Crippen LogP contribution in [0.25, 0.3) is 0 Å². The maximum absolute atomic E-state index is 13.0. The summed E-state index contributed by atoms with van der Waals surface area (Å²) >= 11 is 0. The van der Waals surface area contributed by atoms with E-state index < -0.39 is 0 Å². The van der Waals surface area contributed by atoms with Crippen LogP contribution in [-0.4, -0.2) is 43.0 Å². The SMILES string of the molecule is O=C(Nc1cccc(C(=O)N2CCCCC2)c1)c1ccccc1OCCOc1ccccc1. The molecule has 1 aliphatic heterocycles. The fourth-order valence-corrected chi connectivity index (χ4v) is 3.82. The number of para-hydroxylation sites is 2. The number of benzene rings is 3. The fourth-order valence-electron chi connectivity index (χ4n) is 3.82. The summed E-state index contributed by atoms with van der Waals surface area (Å²) < 4.78 is 11.5. The summed E-state index contributed by atoms with van der Waals surface area (Å²) in [6, 6.07) is 23.7. The van der Waals surface area contributed by atoms with Crippen LogP contribution in [0.15, 0.2) is 78.9 Å². The smallest absolute Gasteiger partial charge is 0.259 e. The molecule has 0 radical (unpaired) electrons. The van der Waals surface area contributed by atoms with E-state index in [0.717, 1.165) is 31.7 Å². The summed E-state index contributed by atoms with van der Waals surface area (Å²) in [7, 11) is 0. The Kier molecular flexibility index (Phi) is 7.59. The van der Waals surface area contributed by atoms with Gasteiger partial charge in [-0.1, -0.05) is 36.4 Å². The molecule has 170 valence electrons. The van der Waals surface area contributed by atoms with E-state index in [1.54, 1.807) is 42.5 Å². The summed E-state index contributed by atoms with van der Waals surface area (Å²) in [6.45, 7) is 2.24. The van der Waals surface area contributed by atoms with Gasteiger partial charge in [0.25, 0.3) is 11.8 Å².